The summed E-state index contributed by atoms with van der Waals surface area (Å²) in [6, 6.07) is 7.47. The summed E-state index contributed by atoms with van der Waals surface area (Å²) in [5.74, 6) is 0.640. The summed E-state index contributed by atoms with van der Waals surface area (Å²) in [6.45, 7) is 9.15. The molecule has 1 saturated heterocycles. The third-order valence-corrected chi connectivity index (χ3v) is 4.68. The molecule has 0 bridgehead atoms. The number of benzene rings is 1. The van der Waals surface area contributed by atoms with E-state index in [4.69, 9.17) is 4.74 Å². The first-order chi connectivity index (χ1) is 13.8. The lowest BCUT2D eigenvalue weighted by Crippen LogP contribution is -2.52. The van der Waals surface area contributed by atoms with Crippen molar-refractivity contribution in [2.24, 2.45) is 4.99 Å². The van der Waals surface area contributed by atoms with Crippen LogP contribution in [0.5, 0.6) is 0 Å². The Kier molecular flexibility index (Phi) is 8.88. The largest absolute Gasteiger partial charge is 0.387 e. The number of β-amino-alcohol motifs (C(OH)–C–C–N with tert-alkyl or cyclic N) is 1. The molecule has 0 saturated carbocycles. The van der Waals surface area contributed by atoms with E-state index in [-0.39, 0.29) is 5.91 Å². The molecular weight excluding hydrogens is 370 g/mol. The molecule has 1 aliphatic rings. The molecule has 1 aliphatic heterocycles. The van der Waals surface area contributed by atoms with Crippen molar-refractivity contribution in [2.75, 3.05) is 60.0 Å². The van der Waals surface area contributed by atoms with Crippen LogP contribution in [0, 0.1) is 0 Å². The minimum absolute atomic E-state index is 0.0162. The lowest BCUT2D eigenvalue weighted by molar-refractivity contribution is -0.0201. The molecule has 8 heteroatoms. The zero-order valence-corrected chi connectivity index (χ0v) is 18.1. The van der Waals surface area contributed by atoms with Crippen LogP contribution in [-0.2, 0) is 11.3 Å². The predicted octanol–water partition coefficient (Wildman–Crippen LogP) is 0.527. The maximum Gasteiger partial charge on any atom is 0.253 e. The lowest BCUT2D eigenvalue weighted by Gasteiger charge is -2.34. The van der Waals surface area contributed by atoms with Crippen molar-refractivity contribution in [3.05, 3.63) is 35.4 Å². The van der Waals surface area contributed by atoms with E-state index < -0.39 is 5.60 Å². The standard InChI is InChI=1S/C21H35N5O3/c1-5-22-20(24-15-21(2,28)16-26-10-12-29-13-11-26)23-14-17-6-8-18(9-7-17)19(27)25(3)4/h6-9,28H,5,10-16H2,1-4H3,(H2,22,23,24). The molecule has 0 radical (unpaired) electrons. The van der Waals surface area contributed by atoms with Gasteiger partial charge in [0.05, 0.1) is 25.4 Å². The van der Waals surface area contributed by atoms with Crippen LogP contribution in [0.4, 0.5) is 0 Å². The summed E-state index contributed by atoms with van der Waals surface area (Å²) in [6.07, 6.45) is 0. The number of aliphatic hydroxyl groups is 1. The summed E-state index contributed by atoms with van der Waals surface area (Å²) >= 11 is 0. The monoisotopic (exact) mass is 405 g/mol. The smallest absolute Gasteiger partial charge is 0.253 e. The predicted molar refractivity (Wildman–Crippen MR) is 115 cm³/mol. The van der Waals surface area contributed by atoms with Crippen molar-refractivity contribution in [1.29, 1.82) is 0 Å². The van der Waals surface area contributed by atoms with Gasteiger partial charge in [-0.1, -0.05) is 12.1 Å². The van der Waals surface area contributed by atoms with E-state index >= 15 is 0 Å². The molecular formula is C21H35N5O3. The Labute approximate surface area is 173 Å². The maximum absolute atomic E-state index is 12.0. The summed E-state index contributed by atoms with van der Waals surface area (Å²) in [5, 5.41) is 17.2. The van der Waals surface area contributed by atoms with Gasteiger partial charge in [-0.15, -0.1) is 0 Å². The molecule has 8 nitrogen and oxygen atoms in total. The summed E-state index contributed by atoms with van der Waals surface area (Å²) in [4.78, 5) is 20.3. The first-order valence-electron chi connectivity index (χ1n) is 10.2. The number of morpholine rings is 1. The number of aliphatic imine (C=N–C) groups is 1. The minimum Gasteiger partial charge on any atom is -0.387 e. The van der Waals surface area contributed by atoms with Crippen LogP contribution >= 0.6 is 0 Å². The van der Waals surface area contributed by atoms with Crippen LogP contribution in [0.15, 0.2) is 29.3 Å². The average Bonchev–Trinajstić information content (AvgIpc) is 2.70. The van der Waals surface area contributed by atoms with Gasteiger partial charge in [-0.25, -0.2) is 4.99 Å². The summed E-state index contributed by atoms with van der Waals surface area (Å²) < 4.78 is 5.36. The van der Waals surface area contributed by atoms with E-state index in [9.17, 15) is 9.90 Å². The molecule has 29 heavy (non-hydrogen) atoms. The van der Waals surface area contributed by atoms with E-state index in [2.05, 4.69) is 20.5 Å². The second-order valence-corrected chi connectivity index (χ2v) is 7.83. The van der Waals surface area contributed by atoms with Crippen molar-refractivity contribution in [1.82, 2.24) is 20.4 Å². The molecule has 0 aliphatic carbocycles. The van der Waals surface area contributed by atoms with Crippen molar-refractivity contribution in [3.8, 4) is 0 Å². The third-order valence-electron chi connectivity index (χ3n) is 4.68. The number of carbonyl (C=O) groups is 1. The number of nitrogens with one attached hydrogen (secondary N) is 2. The van der Waals surface area contributed by atoms with Crippen molar-refractivity contribution in [3.63, 3.8) is 0 Å². The van der Waals surface area contributed by atoms with Crippen LogP contribution in [-0.4, -0.2) is 92.4 Å². The zero-order valence-electron chi connectivity index (χ0n) is 18.1. The number of hydrogen-bond donors (Lipinski definition) is 3. The topological polar surface area (TPSA) is 89.4 Å². The van der Waals surface area contributed by atoms with Gasteiger partial charge in [0.25, 0.3) is 5.91 Å². The van der Waals surface area contributed by atoms with Crippen LogP contribution < -0.4 is 10.6 Å². The highest BCUT2D eigenvalue weighted by Crippen LogP contribution is 2.09. The van der Waals surface area contributed by atoms with Gasteiger partial charge in [0.15, 0.2) is 5.96 Å². The second-order valence-electron chi connectivity index (χ2n) is 7.83. The third kappa shape index (κ3) is 8.00. The summed E-state index contributed by atoms with van der Waals surface area (Å²) in [7, 11) is 3.48. The first-order valence-corrected chi connectivity index (χ1v) is 10.2. The van der Waals surface area contributed by atoms with Gasteiger partial charge in [0.2, 0.25) is 0 Å². The van der Waals surface area contributed by atoms with Gasteiger partial charge < -0.3 is 25.4 Å². The molecule has 1 fully saturated rings. The molecule has 1 unspecified atom stereocenters. The second kappa shape index (κ2) is 11.1. The molecule has 1 aromatic carbocycles. The van der Waals surface area contributed by atoms with Gasteiger partial charge in [-0.2, -0.15) is 0 Å². The molecule has 0 spiro atoms. The lowest BCUT2D eigenvalue weighted by atomic mass is 10.1. The highest BCUT2D eigenvalue weighted by molar-refractivity contribution is 5.93. The van der Waals surface area contributed by atoms with Gasteiger partial charge in [-0.05, 0) is 31.5 Å². The van der Waals surface area contributed by atoms with E-state index in [1.807, 2.05) is 38.1 Å². The summed E-state index contributed by atoms with van der Waals surface area (Å²) in [5.41, 5.74) is 0.798. The van der Waals surface area contributed by atoms with Crippen molar-refractivity contribution >= 4 is 11.9 Å². The van der Waals surface area contributed by atoms with E-state index in [0.29, 0.717) is 44.4 Å². The normalized spacial score (nSPS) is 17.5. The highest BCUT2D eigenvalue weighted by atomic mass is 16.5. The van der Waals surface area contributed by atoms with Gasteiger partial charge in [0.1, 0.15) is 0 Å². The quantitative estimate of drug-likeness (QED) is 0.432. The number of carbonyl (C=O) groups excluding carboxylic acids is 1. The Bertz CT molecular complexity index is 667. The number of rotatable bonds is 8. The number of nitrogens with zero attached hydrogens (tertiary/aromatic N) is 3. The molecule has 1 heterocycles. The van der Waals surface area contributed by atoms with Gasteiger partial charge in [-0.3, -0.25) is 9.69 Å². The maximum atomic E-state index is 12.0. The van der Waals surface area contributed by atoms with Gasteiger partial charge in [0, 0.05) is 52.4 Å². The average molecular weight is 406 g/mol. The van der Waals surface area contributed by atoms with Crippen molar-refractivity contribution in [2.45, 2.75) is 26.0 Å². The fraction of sp³-hybridized carbons (Fsp3) is 0.619. The molecule has 2 rings (SSSR count). The Hall–Kier alpha value is -2.16. The molecule has 1 amide bonds. The van der Waals surface area contributed by atoms with Gasteiger partial charge >= 0.3 is 0 Å². The van der Waals surface area contributed by atoms with E-state index in [1.54, 1.807) is 19.0 Å². The molecule has 1 aromatic rings. The number of hydrogen-bond acceptors (Lipinski definition) is 5. The molecule has 0 aromatic heterocycles. The highest BCUT2D eigenvalue weighted by Gasteiger charge is 2.25. The Balaban J connectivity index is 1.90. The van der Waals surface area contributed by atoms with E-state index in [1.165, 1.54) is 0 Å². The molecule has 1 atom stereocenters. The van der Waals surface area contributed by atoms with Crippen LogP contribution in [0.3, 0.4) is 0 Å². The SMILES string of the molecule is CCNC(=NCc1ccc(C(=O)N(C)C)cc1)NCC(C)(O)CN1CCOCC1. The van der Waals surface area contributed by atoms with Crippen LogP contribution in [0.25, 0.3) is 0 Å². The number of guanidine groups is 1. The van der Waals surface area contributed by atoms with Crippen LogP contribution in [0.2, 0.25) is 0 Å². The minimum atomic E-state index is -0.873. The molecule has 162 valence electrons. The Morgan fingerprint density at radius 2 is 1.90 bits per heavy atom. The molecule has 3 N–H and O–H groups in total. The Morgan fingerprint density at radius 1 is 1.24 bits per heavy atom. The fourth-order valence-electron chi connectivity index (χ4n) is 3.09. The first kappa shape index (κ1) is 23.1. The fourth-order valence-corrected chi connectivity index (χ4v) is 3.09. The number of ether oxygens (including phenoxy) is 1. The van der Waals surface area contributed by atoms with Crippen molar-refractivity contribution < 1.29 is 14.6 Å². The Morgan fingerprint density at radius 3 is 2.48 bits per heavy atom. The van der Waals surface area contributed by atoms with Crippen LogP contribution in [0.1, 0.15) is 29.8 Å². The number of amides is 1. The zero-order chi connectivity index (χ0) is 21.3. The van der Waals surface area contributed by atoms with E-state index in [0.717, 1.165) is 25.2 Å².